The maximum Gasteiger partial charge on any atom is 0.306 e. The van der Waals surface area contributed by atoms with E-state index in [2.05, 4.69) is 0 Å². The van der Waals surface area contributed by atoms with Crippen molar-refractivity contribution >= 4 is 17.6 Å². The summed E-state index contributed by atoms with van der Waals surface area (Å²) in [6, 6.07) is 0. The van der Waals surface area contributed by atoms with E-state index in [1.54, 1.807) is 0 Å². The lowest BCUT2D eigenvalue weighted by Gasteiger charge is -2.21. The molecule has 1 aliphatic carbocycles. The third-order valence-corrected chi connectivity index (χ3v) is 3.38. The van der Waals surface area contributed by atoms with Crippen molar-refractivity contribution in [3.63, 3.8) is 0 Å². The fraction of sp³-hybridized carbons (Fsp3) is 0.923. The molecule has 0 aliphatic heterocycles. The van der Waals surface area contributed by atoms with Crippen LogP contribution >= 0.6 is 11.6 Å². The summed E-state index contributed by atoms with van der Waals surface area (Å²) in [7, 11) is 0. The molecule has 0 heterocycles. The van der Waals surface area contributed by atoms with Crippen molar-refractivity contribution in [2.24, 2.45) is 0 Å². The number of rotatable bonds is 7. The normalized spacial score (nSPS) is 17.3. The molecule has 2 nitrogen and oxygen atoms in total. The second-order valence-electron chi connectivity index (χ2n) is 4.60. The molecule has 1 rings (SSSR count). The molecule has 1 fully saturated rings. The number of hydrogen-bond donors (Lipinski definition) is 0. The van der Waals surface area contributed by atoms with Crippen LogP contribution in [0.2, 0.25) is 0 Å². The summed E-state index contributed by atoms with van der Waals surface area (Å²) >= 11 is 5.58. The van der Waals surface area contributed by atoms with Crippen molar-refractivity contribution < 1.29 is 9.53 Å². The average Bonchev–Trinajstić information content (AvgIpc) is 2.30. The van der Waals surface area contributed by atoms with Gasteiger partial charge in [-0.15, -0.1) is 11.6 Å². The van der Waals surface area contributed by atoms with Gasteiger partial charge < -0.3 is 4.74 Å². The number of carbonyl (C=O) groups excluding carboxylic acids is 1. The molecule has 0 bridgehead atoms. The molecular weight excluding hydrogens is 224 g/mol. The van der Waals surface area contributed by atoms with Crippen molar-refractivity contribution in [3.8, 4) is 0 Å². The van der Waals surface area contributed by atoms with E-state index >= 15 is 0 Å². The molecule has 0 amide bonds. The number of alkyl halides is 1. The SMILES string of the molecule is O=C(CCCCCCCl)OC1CCCCC1. The average molecular weight is 247 g/mol. The first-order valence-corrected chi connectivity index (χ1v) is 7.12. The Morgan fingerprint density at radius 3 is 2.44 bits per heavy atom. The van der Waals surface area contributed by atoms with Gasteiger partial charge in [0.05, 0.1) is 0 Å². The summed E-state index contributed by atoms with van der Waals surface area (Å²) < 4.78 is 5.43. The van der Waals surface area contributed by atoms with Gasteiger partial charge in [-0.25, -0.2) is 0 Å². The summed E-state index contributed by atoms with van der Waals surface area (Å²) in [6.45, 7) is 0. The molecule has 0 unspecified atom stereocenters. The molecule has 0 saturated heterocycles. The molecule has 1 saturated carbocycles. The highest BCUT2D eigenvalue weighted by atomic mass is 35.5. The zero-order valence-electron chi connectivity index (χ0n) is 10.0. The van der Waals surface area contributed by atoms with E-state index in [0.717, 1.165) is 44.4 Å². The molecule has 0 aromatic heterocycles. The molecule has 0 N–H and O–H groups in total. The van der Waals surface area contributed by atoms with Gasteiger partial charge in [0, 0.05) is 12.3 Å². The predicted molar refractivity (Wildman–Crippen MR) is 66.8 cm³/mol. The van der Waals surface area contributed by atoms with E-state index in [1.807, 2.05) is 0 Å². The Bertz CT molecular complexity index is 188. The van der Waals surface area contributed by atoms with E-state index in [0.29, 0.717) is 6.42 Å². The van der Waals surface area contributed by atoms with Gasteiger partial charge >= 0.3 is 5.97 Å². The van der Waals surface area contributed by atoms with E-state index in [4.69, 9.17) is 16.3 Å². The van der Waals surface area contributed by atoms with Crippen LogP contribution in [-0.2, 0) is 9.53 Å². The lowest BCUT2D eigenvalue weighted by molar-refractivity contribution is -0.150. The number of ether oxygens (including phenoxy) is 1. The first kappa shape index (κ1) is 13.8. The van der Waals surface area contributed by atoms with Gasteiger partial charge in [0.1, 0.15) is 6.10 Å². The summed E-state index contributed by atoms with van der Waals surface area (Å²) in [5, 5.41) is 0. The maximum absolute atomic E-state index is 11.5. The molecule has 3 heteroatoms. The molecule has 0 spiro atoms. The van der Waals surface area contributed by atoms with Gasteiger partial charge in [0.15, 0.2) is 0 Å². The Morgan fingerprint density at radius 2 is 1.75 bits per heavy atom. The molecule has 0 radical (unpaired) electrons. The van der Waals surface area contributed by atoms with E-state index < -0.39 is 0 Å². The quantitative estimate of drug-likeness (QED) is 0.385. The Balaban J connectivity index is 1.97. The van der Waals surface area contributed by atoms with Crippen molar-refractivity contribution in [3.05, 3.63) is 0 Å². The van der Waals surface area contributed by atoms with Gasteiger partial charge in [-0.2, -0.15) is 0 Å². The second-order valence-corrected chi connectivity index (χ2v) is 4.98. The highest BCUT2D eigenvalue weighted by Gasteiger charge is 2.16. The van der Waals surface area contributed by atoms with Crippen LogP contribution < -0.4 is 0 Å². The van der Waals surface area contributed by atoms with Crippen molar-refractivity contribution in [1.82, 2.24) is 0 Å². The highest BCUT2D eigenvalue weighted by molar-refractivity contribution is 6.17. The summed E-state index contributed by atoms with van der Waals surface area (Å²) in [4.78, 5) is 11.5. The smallest absolute Gasteiger partial charge is 0.306 e. The van der Waals surface area contributed by atoms with Gasteiger partial charge in [-0.05, 0) is 38.5 Å². The summed E-state index contributed by atoms with van der Waals surface area (Å²) in [5.41, 5.74) is 0. The van der Waals surface area contributed by atoms with Crippen molar-refractivity contribution in [1.29, 1.82) is 0 Å². The van der Waals surface area contributed by atoms with Crippen LogP contribution in [0.15, 0.2) is 0 Å². The lowest BCUT2D eigenvalue weighted by Crippen LogP contribution is -2.20. The Morgan fingerprint density at radius 1 is 1.06 bits per heavy atom. The number of carbonyl (C=O) groups is 1. The maximum atomic E-state index is 11.5. The van der Waals surface area contributed by atoms with Crippen LogP contribution in [0.3, 0.4) is 0 Å². The lowest BCUT2D eigenvalue weighted by atomic mass is 9.98. The summed E-state index contributed by atoms with van der Waals surface area (Å²) in [5.74, 6) is 0.727. The summed E-state index contributed by atoms with van der Waals surface area (Å²) in [6.07, 6.45) is 10.9. The topological polar surface area (TPSA) is 26.3 Å². The fourth-order valence-electron chi connectivity index (χ4n) is 2.15. The zero-order chi connectivity index (χ0) is 11.6. The number of esters is 1. The Hall–Kier alpha value is -0.240. The Kier molecular flexibility index (Phi) is 7.65. The molecule has 16 heavy (non-hydrogen) atoms. The molecule has 0 atom stereocenters. The first-order chi connectivity index (χ1) is 7.83. The number of hydrogen-bond acceptors (Lipinski definition) is 2. The standard InChI is InChI=1S/C13H23ClO2/c14-11-7-2-1-6-10-13(15)16-12-8-4-3-5-9-12/h12H,1-11H2. The molecular formula is C13H23ClO2. The van der Waals surface area contributed by atoms with Crippen LogP contribution in [0, 0.1) is 0 Å². The largest absolute Gasteiger partial charge is 0.462 e. The van der Waals surface area contributed by atoms with Crippen LogP contribution in [-0.4, -0.2) is 18.0 Å². The van der Waals surface area contributed by atoms with Crippen LogP contribution in [0.4, 0.5) is 0 Å². The van der Waals surface area contributed by atoms with Crippen LogP contribution in [0.25, 0.3) is 0 Å². The third-order valence-electron chi connectivity index (χ3n) is 3.11. The minimum Gasteiger partial charge on any atom is -0.462 e. The van der Waals surface area contributed by atoms with Gasteiger partial charge in [-0.3, -0.25) is 4.79 Å². The number of unbranched alkanes of at least 4 members (excludes halogenated alkanes) is 3. The minimum absolute atomic E-state index is 0.00206. The monoisotopic (exact) mass is 246 g/mol. The molecule has 94 valence electrons. The third kappa shape index (κ3) is 6.37. The van der Waals surface area contributed by atoms with E-state index in [-0.39, 0.29) is 12.1 Å². The van der Waals surface area contributed by atoms with Gasteiger partial charge in [0.25, 0.3) is 0 Å². The predicted octanol–water partition coefficient (Wildman–Crippen LogP) is 4.05. The molecule has 0 aromatic carbocycles. The van der Waals surface area contributed by atoms with E-state index in [1.165, 1.54) is 19.3 Å². The van der Waals surface area contributed by atoms with Gasteiger partial charge in [-0.1, -0.05) is 19.3 Å². The first-order valence-electron chi connectivity index (χ1n) is 6.58. The van der Waals surface area contributed by atoms with E-state index in [9.17, 15) is 4.79 Å². The zero-order valence-corrected chi connectivity index (χ0v) is 10.8. The molecule has 0 aromatic rings. The Labute approximate surface area is 104 Å². The minimum atomic E-state index is -0.00206. The van der Waals surface area contributed by atoms with Crippen molar-refractivity contribution in [2.45, 2.75) is 70.3 Å². The fourth-order valence-corrected chi connectivity index (χ4v) is 2.33. The van der Waals surface area contributed by atoms with Crippen LogP contribution in [0.1, 0.15) is 64.2 Å². The number of halogens is 1. The van der Waals surface area contributed by atoms with Gasteiger partial charge in [0.2, 0.25) is 0 Å². The second kappa shape index (κ2) is 8.86. The van der Waals surface area contributed by atoms with Crippen LogP contribution in [0.5, 0.6) is 0 Å². The molecule has 1 aliphatic rings. The van der Waals surface area contributed by atoms with Crippen molar-refractivity contribution in [2.75, 3.05) is 5.88 Å². The highest BCUT2D eigenvalue weighted by Crippen LogP contribution is 2.21.